The summed E-state index contributed by atoms with van der Waals surface area (Å²) >= 11 is 1.57. The van der Waals surface area contributed by atoms with E-state index in [2.05, 4.69) is 31.0 Å². The molecule has 0 fully saturated rings. The van der Waals surface area contributed by atoms with E-state index in [-0.39, 0.29) is 0 Å². The van der Waals surface area contributed by atoms with Gasteiger partial charge in [0.25, 0.3) is 0 Å². The average molecular weight is 246 g/mol. The van der Waals surface area contributed by atoms with E-state index in [1.54, 1.807) is 11.3 Å². The highest BCUT2D eigenvalue weighted by Crippen LogP contribution is 2.40. The molecular weight excluding hydrogens is 232 g/mol. The minimum absolute atomic E-state index is 0.642. The maximum absolute atomic E-state index is 5.82. The van der Waals surface area contributed by atoms with Crippen LogP contribution in [0.2, 0.25) is 0 Å². The van der Waals surface area contributed by atoms with Gasteiger partial charge in [0.2, 0.25) is 0 Å². The molecule has 0 unspecified atom stereocenters. The SMILES string of the molecule is Cc1cc(C)c2c(c1)OCCc1sc(N)nc1-2. The van der Waals surface area contributed by atoms with Gasteiger partial charge in [-0.05, 0) is 31.0 Å². The zero-order valence-corrected chi connectivity index (χ0v) is 10.7. The van der Waals surface area contributed by atoms with Crippen LogP contribution in [-0.4, -0.2) is 11.6 Å². The zero-order chi connectivity index (χ0) is 12.0. The molecule has 2 N–H and O–H groups in total. The van der Waals surface area contributed by atoms with Crippen molar-refractivity contribution in [2.24, 2.45) is 0 Å². The number of fused-ring (bicyclic) bond motifs is 3. The van der Waals surface area contributed by atoms with Crippen LogP contribution in [0, 0.1) is 13.8 Å². The van der Waals surface area contributed by atoms with E-state index in [1.165, 1.54) is 16.0 Å². The molecule has 1 aromatic heterocycles. The van der Waals surface area contributed by atoms with Crippen molar-refractivity contribution in [1.29, 1.82) is 0 Å². The summed E-state index contributed by atoms with van der Waals surface area (Å²) in [6.45, 7) is 4.88. The van der Waals surface area contributed by atoms with Crippen LogP contribution in [0.15, 0.2) is 12.1 Å². The number of nitrogens with two attached hydrogens (primary N) is 1. The molecule has 0 aliphatic carbocycles. The molecule has 0 bridgehead atoms. The third-order valence-electron chi connectivity index (χ3n) is 2.98. The lowest BCUT2D eigenvalue weighted by Gasteiger charge is -2.10. The Labute approximate surface area is 104 Å². The molecule has 4 heteroatoms. The van der Waals surface area contributed by atoms with Crippen molar-refractivity contribution in [3.63, 3.8) is 0 Å². The minimum atomic E-state index is 0.642. The number of aromatic nitrogens is 1. The van der Waals surface area contributed by atoms with Crippen molar-refractivity contribution < 1.29 is 4.74 Å². The van der Waals surface area contributed by atoms with Crippen LogP contribution in [-0.2, 0) is 6.42 Å². The molecule has 0 amide bonds. The second-order valence-electron chi connectivity index (χ2n) is 4.38. The predicted octanol–water partition coefficient (Wildman–Crippen LogP) is 2.94. The fourth-order valence-electron chi connectivity index (χ4n) is 2.33. The van der Waals surface area contributed by atoms with Gasteiger partial charge in [-0.25, -0.2) is 4.98 Å². The lowest BCUT2D eigenvalue weighted by Crippen LogP contribution is -1.98. The Morgan fingerprint density at radius 3 is 3.00 bits per heavy atom. The third kappa shape index (κ3) is 1.69. The number of anilines is 1. The number of rotatable bonds is 0. The summed E-state index contributed by atoms with van der Waals surface area (Å²) in [5, 5.41) is 0.642. The smallest absolute Gasteiger partial charge is 0.180 e. The highest BCUT2D eigenvalue weighted by Gasteiger charge is 2.21. The van der Waals surface area contributed by atoms with Gasteiger partial charge >= 0.3 is 0 Å². The van der Waals surface area contributed by atoms with E-state index < -0.39 is 0 Å². The normalized spacial score (nSPS) is 13.5. The Hall–Kier alpha value is -1.55. The summed E-state index contributed by atoms with van der Waals surface area (Å²) in [6, 6.07) is 4.24. The van der Waals surface area contributed by atoms with Gasteiger partial charge < -0.3 is 10.5 Å². The fraction of sp³-hybridized carbons (Fsp3) is 0.308. The predicted molar refractivity (Wildman–Crippen MR) is 70.6 cm³/mol. The number of hydrogen-bond donors (Lipinski definition) is 1. The van der Waals surface area contributed by atoms with E-state index in [9.17, 15) is 0 Å². The molecular formula is C13H14N2OS. The van der Waals surface area contributed by atoms with Crippen molar-refractivity contribution >= 4 is 16.5 Å². The van der Waals surface area contributed by atoms with Crippen LogP contribution in [0.1, 0.15) is 16.0 Å². The third-order valence-corrected chi connectivity index (χ3v) is 3.93. The fourth-order valence-corrected chi connectivity index (χ4v) is 3.15. The van der Waals surface area contributed by atoms with E-state index >= 15 is 0 Å². The van der Waals surface area contributed by atoms with Gasteiger partial charge in [-0.1, -0.05) is 6.07 Å². The summed E-state index contributed by atoms with van der Waals surface area (Å²) in [5.41, 5.74) is 10.4. The molecule has 1 aliphatic rings. The van der Waals surface area contributed by atoms with Crippen molar-refractivity contribution in [2.45, 2.75) is 20.3 Å². The van der Waals surface area contributed by atoms with Gasteiger partial charge in [-0.2, -0.15) is 0 Å². The Morgan fingerprint density at radius 2 is 2.18 bits per heavy atom. The van der Waals surface area contributed by atoms with Crippen molar-refractivity contribution in [2.75, 3.05) is 12.3 Å². The highest BCUT2D eigenvalue weighted by atomic mass is 32.1. The summed E-state index contributed by atoms with van der Waals surface area (Å²) in [4.78, 5) is 5.69. The lowest BCUT2D eigenvalue weighted by molar-refractivity contribution is 0.327. The second kappa shape index (κ2) is 3.74. The molecule has 1 aliphatic heterocycles. The molecule has 3 nitrogen and oxygen atoms in total. The summed E-state index contributed by atoms with van der Waals surface area (Å²) in [7, 11) is 0. The van der Waals surface area contributed by atoms with E-state index in [0.717, 1.165) is 23.4 Å². The molecule has 0 atom stereocenters. The van der Waals surface area contributed by atoms with Gasteiger partial charge in [0, 0.05) is 16.9 Å². The number of thiazole rings is 1. The standard InChI is InChI=1S/C13H14N2OS/c1-7-5-8(2)11-9(6-7)16-4-3-10-12(11)15-13(14)17-10/h5-6H,3-4H2,1-2H3,(H2,14,15). The van der Waals surface area contributed by atoms with Crippen LogP contribution < -0.4 is 10.5 Å². The molecule has 1 aromatic carbocycles. The first kappa shape index (κ1) is 10.6. The van der Waals surface area contributed by atoms with Crippen molar-refractivity contribution in [3.05, 3.63) is 28.1 Å². The molecule has 88 valence electrons. The van der Waals surface area contributed by atoms with Crippen LogP contribution in [0.25, 0.3) is 11.3 Å². The largest absolute Gasteiger partial charge is 0.492 e. The maximum atomic E-state index is 5.82. The molecule has 2 aromatic rings. The Bertz CT molecular complexity index is 589. The zero-order valence-electron chi connectivity index (χ0n) is 9.91. The number of hydrogen-bond acceptors (Lipinski definition) is 4. The number of aryl methyl sites for hydroxylation is 2. The number of benzene rings is 1. The van der Waals surface area contributed by atoms with Crippen molar-refractivity contribution in [1.82, 2.24) is 4.98 Å². The minimum Gasteiger partial charge on any atom is -0.492 e. The topological polar surface area (TPSA) is 48.1 Å². The number of nitrogen functional groups attached to an aromatic ring is 1. The van der Waals surface area contributed by atoms with Gasteiger partial charge in [0.05, 0.1) is 12.3 Å². The summed E-state index contributed by atoms with van der Waals surface area (Å²) < 4.78 is 5.82. The van der Waals surface area contributed by atoms with Crippen LogP contribution >= 0.6 is 11.3 Å². The van der Waals surface area contributed by atoms with Crippen molar-refractivity contribution in [3.8, 4) is 17.0 Å². The van der Waals surface area contributed by atoms with Gasteiger partial charge in [-0.3, -0.25) is 0 Å². The first-order valence-electron chi connectivity index (χ1n) is 5.65. The molecule has 0 saturated carbocycles. The molecule has 3 rings (SSSR count). The summed E-state index contributed by atoms with van der Waals surface area (Å²) in [6.07, 6.45) is 0.886. The Kier molecular flexibility index (Phi) is 2.33. The average Bonchev–Trinajstić information content (AvgIpc) is 2.50. The first-order valence-corrected chi connectivity index (χ1v) is 6.46. The Morgan fingerprint density at radius 1 is 1.35 bits per heavy atom. The summed E-state index contributed by atoms with van der Waals surface area (Å²) in [5.74, 6) is 0.937. The maximum Gasteiger partial charge on any atom is 0.180 e. The van der Waals surface area contributed by atoms with E-state index in [4.69, 9.17) is 10.5 Å². The molecule has 0 saturated heterocycles. The highest BCUT2D eigenvalue weighted by molar-refractivity contribution is 7.15. The lowest BCUT2D eigenvalue weighted by atomic mass is 10.0. The Balaban J connectivity index is 2.31. The molecule has 17 heavy (non-hydrogen) atoms. The molecule has 2 heterocycles. The van der Waals surface area contributed by atoms with Crippen LogP contribution in [0.3, 0.4) is 0 Å². The molecule has 0 radical (unpaired) electrons. The van der Waals surface area contributed by atoms with Crippen LogP contribution in [0.4, 0.5) is 5.13 Å². The second-order valence-corrected chi connectivity index (χ2v) is 5.49. The van der Waals surface area contributed by atoms with Crippen LogP contribution in [0.5, 0.6) is 5.75 Å². The van der Waals surface area contributed by atoms with E-state index in [1.807, 2.05) is 0 Å². The van der Waals surface area contributed by atoms with Gasteiger partial charge in [-0.15, -0.1) is 11.3 Å². The first-order chi connectivity index (χ1) is 8.15. The molecule has 0 spiro atoms. The monoisotopic (exact) mass is 246 g/mol. The number of ether oxygens (including phenoxy) is 1. The van der Waals surface area contributed by atoms with Gasteiger partial charge in [0.1, 0.15) is 5.75 Å². The number of nitrogens with zero attached hydrogens (tertiary/aromatic N) is 1. The quantitative estimate of drug-likeness (QED) is 0.777. The van der Waals surface area contributed by atoms with Gasteiger partial charge in [0.15, 0.2) is 5.13 Å². The van der Waals surface area contributed by atoms with E-state index in [0.29, 0.717) is 11.7 Å².